The highest BCUT2D eigenvalue weighted by molar-refractivity contribution is 6.33. The maximum Gasteiger partial charge on any atom is 0.707 e. The van der Waals surface area contributed by atoms with Crippen molar-refractivity contribution < 1.29 is 24.2 Å². The average Bonchev–Trinajstić information content (AvgIpc) is 2.45. The lowest BCUT2D eigenvalue weighted by atomic mass is 10.2. The number of nitrogens with zero attached hydrogens (tertiary/aromatic N) is 3. The predicted octanol–water partition coefficient (Wildman–Crippen LogP) is 0.487. The van der Waals surface area contributed by atoms with E-state index in [1.807, 2.05) is 25.7 Å². The number of anilines is 1. The molecule has 2 heterocycles. The molecule has 0 aromatic carbocycles. The van der Waals surface area contributed by atoms with Gasteiger partial charge in [0.25, 0.3) is 0 Å². The Kier molecular flexibility index (Phi) is 5.32. The van der Waals surface area contributed by atoms with E-state index in [9.17, 15) is 4.79 Å². The first kappa shape index (κ1) is 17.4. The van der Waals surface area contributed by atoms with E-state index in [0.717, 1.165) is 0 Å². The molecule has 9 heteroatoms. The summed E-state index contributed by atoms with van der Waals surface area (Å²) in [6.07, 6.45) is 1.22. The lowest BCUT2D eigenvalue weighted by Crippen LogP contribution is -2.50. The third-order valence-electron chi connectivity index (χ3n) is 3.21. The number of ether oxygens (including phenoxy) is 1. The molecule has 126 valence electrons. The number of hydrogen-bond acceptors (Lipinski definition) is 7. The normalized spacial score (nSPS) is 15.3. The molecule has 0 bridgehead atoms. The number of carbonyl (C=O) groups excluding carboxylic acids is 1. The minimum absolute atomic E-state index is 0.314. The third-order valence-corrected chi connectivity index (χ3v) is 3.21. The maximum absolute atomic E-state index is 12.0. The minimum Gasteiger partial charge on any atom is -0.512 e. The molecule has 1 fully saturated rings. The summed E-state index contributed by atoms with van der Waals surface area (Å²) in [6, 6.07) is 3.17. The summed E-state index contributed by atoms with van der Waals surface area (Å²) in [6.45, 7) is 7.80. The van der Waals surface area contributed by atoms with Gasteiger partial charge in [-0.2, -0.15) is 0 Å². The average molecular weight is 323 g/mol. The highest BCUT2D eigenvalue weighted by atomic mass is 16.6. The van der Waals surface area contributed by atoms with Gasteiger partial charge in [-0.1, -0.05) is 0 Å². The van der Waals surface area contributed by atoms with Crippen LogP contribution in [0.25, 0.3) is 0 Å². The predicted molar refractivity (Wildman–Crippen MR) is 85.1 cm³/mol. The van der Waals surface area contributed by atoms with Crippen molar-refractivity contribution in [3.63, 3.8) is 0 Å². The number of piperazine rings is 1. The molecule has 23 heavy (non-hydrogen) atoms. The highest BCUT2D eigenvalue weighted by Crippen LogP contribution is 2.20. The van der Waals surface area contributed by atoms with Gasteiger partial charge in [-0.25, -0.2) is 9.78 Å². The minimum atomic E-state index is -1.87. The Bertz CT molecular complexity index is 541. The van der Waals surface area contributed by atoms with Crippen molar-refractivity contribution >= 4 is 19.2 Å². The summed E-state index contributed by atoms with van der Waals surface area (Å²) in [7, 11) is -1.87. The first-order valence-corrected chi connectivity index (χ1v) is 7.46. The molecular formula is C14H22BN3O5. The summed E-state index contributed by atoms with van der Waals surface area (Å²) in [5.41, 5.74) is -0.507. The molecule has 1 aliphatic heterocycles. The second-order valence-electron chi connectivity index (χ2n) is 6.25. The fraction of sp³-hybridized carbons (Fsp3) is 0.571. The summed E-state index contributed by atoms with van der Waals surface area (Å²) in [5.74, 6) is 0.978. The van der Waals surface area contributed by atoms with Gasteiger partial charge in [0, 0.05) is 38.4 Å². The highest BCUT2D eigenvalue weighted by Gasteiger charge is 2.26. The van der Waals surface area contributed by atoms with Crippen molar-refractivity contribution in [1.82, 2.24) is 9.88 Å². The molecule has 2 rings (SSSR count). The standard InChI is InChI=1S/C14H22BN3O5/c1-14(2,3)22-13(19)18-8-6-17(7-9-18)12-10-11(4-5-16-12)23-15(20)21/h4-5,10,20-21H,6-9H2,1-3H3. The zero-order valence-corrected chi connectivity index (χ0v) is 13.6. The smallest absolute Gasteiger partial charge is 0.512 e. The van der Waals surface area contributed by atoms with Crippen LogP contribution in [0, 0.1) is 0 Å². The van der Waals surface area contributed by atoms with Crippen LogP contribution in [0.4, 0.5) is 10.6 Å². The molecule has 2 N–H and O–H groups in total. The van der Waals surface area contributed by atoms with Gasteiger partial charge in [0.05, 0.1) is 0 Å². The van der Waals surface area contributed by atoms with Crippen LogP contribution < -0.4 is 9.55 Å². The Morgan fingerprint density at radius 3 is 2.48 bits per heavy atom. The molecule has 0 radical (unpaired) electrons. The van der Waals surface area contributed by atoms with Crippen molar-refractivity contribution in [2.75, 3.05) is 31.1 Å². The van der Waals surface area contributed by atoms with E-state index in [-0.39, 0.29) is 6.09 Å². The van der Waals surface area contributed by atoms with Crippen LogP contribution in [0.5, 0.6) is 5.75 Å². The van der Waals surface area contributed by atoms with Crippen molar-refractivity contribution in [1.29, 1.82) is 0 Å². The van der Waals surface area contributed by atoms with Gasteiger partial charge in [0.2, 0.25) is 0 Å². The summed E-state index contributed by atoms with van der Waals surface area (Å²) in [5, 5.41) is 17.7. The largest absolute Gasteiger partial charge is 0.707 e. The van der Waals surface area contributed by atoms with E-state index in [0.29, 0.717) is 37.7 Å². The van der Waals surface area contributed by atoms with Gasteiger partial charge in [-0.15, -0.1) is 0 Å². The zero-order chi connectivity index (χ0) is 17.0. The van der Waals surface area contributed by atoms with Gasteiger partial charge < -0.3 is 29.2 Å². The monoisotopic (exact) mass is 323 g/mol. The van der Waals surface area contributed by atoms with Gasteiger partial charge in [-0.3, -0.25) is 0 Å². The van der Waals surface area contributed by atoms with Crippen LogP contribution >= 0.6 is 0 Å². The van der Waals surface area contributed by atoms with Crippen LogP contribution in [0.1, 0.15) is 20.8 Å². The summed E-state index contributed by atoms with van der Waals surface area (Å²) < 4.78 is 10.2. The maximum atomic E-state index is 12.0. The number of amides is 1. The third kappa shape index (κ3) is 5.29. The number of pyridine rings is 1. The number of hydrogen-bond donors (Lipinski definition) is 2. The molecule has 0 atom stereocenters. The number of rotatable bonds is 3. The van der Waals surface area contributed by atoms with Crippen molar-refractivity contribution in [2.24, 2.45) is 0 Å². The lowest BCUT2D eigenvalue weighted by molar-refractivity contribution is 0.0240. The van der Waals surface area contributed by atoms with E-state index >= 15 is 0 Å². The molecule has 1 aromatic rings. The first-order chi connectivity index (χ1) is 10.7. The van der Waals surface area contributed by atoms with Gasteiger partial charge >= 0.3 is 13.4 Å². The molecular weight excluding hydrogens is 301 g/mol. The van der Waals surface area contributed by atoms with E-state index in [4.69, 9.17) is 19.4 Å². The Hall–Kier alpha value is -2.00. The first-order valence-electron chi connectivity index (χ1n) is 7.46. The number of carbonyl (C=O) groups is 1. The Morgan fingerprint density at radius 2 is 1.91 bits per heavy atom. The van der Waals surface area contributed by atoms with Crippen LogP contribution in [-0.2, 0) is 4.74 Å². The van der Waals surface area contributed by atoms with Gasteiger partial charge in [0.15, 0.2) is 0 Å². The Labute approximate surface area is 135 Å². The van der Waals surface area contributed by atoms with E-state index in [2.05, 4.69) is 4.98 Å². The van der Waals surface area contributed by atoms with E-state index in [1.165, 1.54) is 6.20 Å². The molecule has 0 unspecified atom stereocenters. The topological polar surface area (TPSA) is 95.4 Å². The Balaban J connectivity index is 1.93. The van der Waals surface area contributed by atoms with E-state index in [1.54, 1.807) is 17.0 Å². The quantitative estimate of drug-likeness (QED) is 0.782. The second-order valence-corrected chi connectivity index (χ2v) is 6.25. The molecule has 1 aromatic heterocycles. The van der Waals surface area contributed by atoms with Crippen LogP contribution in [0.3, 0.4) is 0 Å². The summed E-state index contributed by atoms with van der Waals surface area (Å²) in [4.78, 5) is 19.9. The second kappa shape index (κ2) is 7.05. The lowest BCUT2D eigenvalue weighted by Gasteiger charge is -2.36. The molecule has 0 spiro atoms. The van der Waals surface area contributed by atoms with Crippen molar-refractivity contribution in [3.05, 3.63) is 18.3 Å². The fourth-order valence-electron chi connectivity index (χ4n) is 2.21. The van der Waals surface area contributed by atoms with Gasteiger partial charge in [-0.05, 0) is 26.8 Å². The zero-order valence-electron chi connectivity index (χ0n) is 13.6. The van der Waals surface area contributed by atoms with Crippen LogP contribution in [-0.4, -0.2) is 65.1 Å². The van der Waals surface area contributed by atoms with Crippen LogP contribution in [0.2, 0.25) is 0 Å². The summed E-state index contributed by atoms with van der Waals surface area (Å²) >= 11 is 0. The molecule has 0 saturated carbocycles. The molecule has 1 amide bonds. The fourth-order valence-corrected chi connectivity index (χ4v) is 2.21. The van der Waals surface area contributed by atoms with Crippen molar-refractivity contribution in [3.8, 4) is 5.75 Å². The molecule has 8 nitrogen and oxygen atoms in total. The van der Waals surface area contributed by atoms with Crippen LogP contribution in [0.15, 0.2) is 18.3 Å². The van der Waals surface area contributed by atoms with Gasteiger partial charge in [0.1, 0.15) is 17.2 Å². The van der Waals surface area contributed by atoms with Crippen molar-refractivity contribution in [2.45, 2.75) is 26.4 Å². The number of aromatic nitrogens is 1. The molecule has 1 saturated heterocycles. The van der Waals surface area contributed by atoms with E-state index < -0.39 is 12.9 Å². The molecule has 1 aliphatic rings. The SMILES string of the molecule is CC(C)(C)OC(=O)N1CCN(c2cc(OB(O)O)ccn2)CC1. The Morgan fingerprint density at radius 1 is 1.26 bits per heavy atom. The molecule has 0 aliphatic carbocycles.